The molecule has 2 aliphatic heterocycles. The van der Waals surface area contributed by atoms with Gasteiger partial charge >= 0.3 is 0 Å². The molecule has 0 spiro atoms. The first-order chi connectivity index (χ1) is 12.2. The monoisotopic (exact) mass is 350 g/mol. The second-order valence-corrected chi connectivity index (χ2v) is 6.72. The zero-order valence-electron chi connectivity index (χ0n) is 15.1. The van der Waals surface area contributed by atoms with Crippen LogP contribution in [0.15, 0.2) is 17.5 Å². The molecule has 0 saturated carbocycles. The van der Waals surface area contributed by atoms with Crippen LogP contribution in [0, 0.1) is 0 Å². The van der Waals surface area contributed by atoms with Crippen LogP contribution in [-0.4, -0.2) is 70.8 Å². The summed E-state index contributed by atoms with van der Waals surface area (Å²) in [4.78, 5) is 9.75. The standard InChI is InChI=1S/C16H30N8O/c1-21-14-23(16(17)20-21)18-7-3-6-10-25-24-13-15(11-19-24)12-22-8-4-2-5-9-22/h11,13,18H,2-10,12,14H2,1H3,(H2,17,20). The molecule has 25 heavy (non-hydrogen) atoms. The van der Waals surface area contributed by atoms with E-state index in [1.807, 2.05) is 24.5 Å². The fourth-order valence-electron chi connectivity index (χ4n) is 3.14. The maximum Gasteiger partial charge on any atom is 0.230 e. The fourth-order valence-corrected chi connectivity index (χ4v) is 3.14. The Balaban J connectivity index is 1.26. The summed E-state index contributed by atoms with van der Waals surface area (Å²) in [5, 5.41) is 12.1. The van der Waals surface area contributed by atoms with E-state index >= 15 is 0 Å². The molecule has 9 heteroatoms. The number of unbranched alkanes of at least 4 members (excludes halogenated alkanes) is 1. The first-order valence-corrected chi connectivity index (χ1v) is 9.16. The molecule has 1 saturated heterocycles. The number of piperidine rings is 1. The van der Waals surface area contributed by atoms with Gasteiger partial charge in [-0.2, -0.15) is 0 Å². The molecule has 0 atom stereocenters. The molecule has 1 fully saturated rings. The van der Waals surface area contributed by atoms with E-state index in [9.17, 15) is 0 Å². The highest BCUT2D eigenvalue weighted by Gasteiger charge is 2.16. The zero-order chi connectivity index (χ0) is 17.5. The van der Waals surface area contributed by atoms with E-state index < -0.39 is 0 Å². The van der Waals surface area contributed by atoms with E-state index in [0.717, 1.165) is 25.9 Å². The number of likely N-dealkylation sites (tertiary alicyclic amines) is 1. The molecule has 0 aliphatic carbocycles. The third-order valence-corrected chi connectivity index (χ3v) is 4.46. The molecule has 3 rings (SSSR count). The van der Waals surface area contributed by atoms with Gasteiger partial charge in [0.25, 0.3) is 0 Å². The lowest BCUT2D eigenvalue weighted by atomic mass is 10.1. The van der Waals surface area contributed by atoms with Gasteiger partial charge in [-0.05, 0) is 38.8 Å². The Hall–Kier alpha value is -2.00. The highest BCUT2D eigenvalue weighted by atomic mass is 16.7. The molecule has 0 unspecified atom stereocenters. The quantitative estimate of drug-likeness (QED) is 0.607. The van der Waals surface area contributed by atoms with Crippen LogP contribution in [0.3, 0.4) is 0 Å². The summed E-state index contributed by atoms with van der Waals surface area (Å²) < 4.78 is 0. The highest BCUT2D eigenvalue weighted by Crippen LogP contribution is 2.12. The normalized spacial score (nSPS) is 18.7. The smallest absolute Gasteiger partial charge is 0.230 e. The van der Waals surface area contributed by atoms with E-state index in [0.29, 0.717) is 19.2 Å². The lowest BCUT2D eigenvalue weighted by Crippen LogP contribution is -2.45. The van der Waals surface area contributed by atoms with Crippen LogP contribution in [0.1, 0.15) is 37.7 Å². The first-order valence-electron chi connectivity index (χ1n) is 9.16. The minimum Gasteiger partial charge on any atom is -0.397 e. The molecular formula is C16H30N8O. The summed E-state index contributed by atoms with van der Waals surface area (Å²) in [5.41, 5.74) is 10.3. The van der Waals surface area contributed by atoms with Crippen molar-refractivity contribution in [1.82, 2.24) is 30.3 Å². The lowest BCUT2D eigenvalue weighted by Gasteiger charge is -2.25. The molecule has 3 heterocycles. The van der Waals surface area contributed by atoms with Gasteiger partial charge in [-0.15, -0.1) is 15.0 Å². The summed E-state index contributed by atoms with van der Waals surface area (Å²) in [7, 11) is 1.89. The van der Waals surface area contributed by atoms with Crippen molar-refractivity contribution in [1.29, 1.82) is 0 Å². The van der Waals surface area contributed by atoms with Gasteiger partial charge in [-0.3, -0.25) is 14.9 Å². The van der Waals surface area contributed by atoms with E-state index in [-0.39, 0.29) is 0 Å². The number of nitrogens with zero attached hydrogens (tertiary/aromatic N) is 6. The van der Waals surface area contributed by atoms with Crippen LogP contribution in [0.5, 0.6) is 0 Å². The Morgan fingerprint density at radius 1 is 1.24 bits per heavy atom. The summed E-state index contributed by atoms with van der Waals surface area (Å²) in [6.45, 7) is 5.53. The summed E-state index contributed by atoms with van der Waals surface area (Å²) in [6.07, 6.45) is 9.83. The van der Waals surface area contributed by atoms with Gasteiger partial charge < -0.3 is 10.6 Å². The maximum absolute atomic E-state index is 5.79. The second kappa shape index (κ2) is 8.91. The number of hydrogen-bond donors (Lipinski definition) is 2. The van der Waals surface area contributed by atoms with Gasteiger partial charge in [-0.25, -0.2) is 5.43 Å². The molecule has 140 valence electrons. The molecule has 0 aromatic carbocycles. The van der Waals surface area contributed by atoms with Crippen molar-refractivity contribution < 1.29 is 4.84 Å². The van der Waals surface area contributed by atoms with Crippen LogP contribution >= 0.6 is 0 Å². The van der Waals surface area contributed by atoms with Gasteiger partial charge in [0.1, 0.15) is 13.3 Å². The van der Waals surface area contributed by atoms with Gasteiger partial charge in [-0.1, -0.05) is 6.42 Å². The van der Waals surface area contributed by atoms with Crippen LogP contribution in [0.2, 0.25) is 0 Å². The predicted octanol–water partition coefficient (Wildman–Crippen LogP) is 0.0170. The van der Waals surface area contributed by atoms with Gasteiger partial charge in [0.2, 0.25) is 5.96 Å². The Morgan fingerprint density at radius 3 is 2.84 bits per heavy atom. The van der Waals surface area contributed by atoms with Crippen molar-refractivity contribution in [3.8, 4) is 0 Å². The van der Waals surface area contributed by atoms with Crippen molar-refractivity contribution >= 4 is 5.96 Å². The number of hydrazone groups is 1. The number of rotatable bonds is 9. The number of nitrogens with two attached hydrogens (primary N) is 1. The maximum atomic E-state index is 5.79. The van der Waals surface area contributed by atoms with Crippen molar-refractivity contribution in [2.24, 2.45) is 10.8 Å². The minimum atomic E-state index is 0.511. The number of guanidine groups is 1. The summed E-state index contributed by atoms with van der Waals surface area (Å²) in [6, 6.07) is 0. The SMILES string of the molecule is CN1CN(NCCCCOn2cc(CN3CCCCC3)cn2)C(N)=N1. The number of hydrazine groups is 1. The largest absolute Gasteiger partial charge is 0.397 e. The third kappa shape index (κ3) is 5.50. The predicted molar refractivity (Wildman–Crippen MR) is 96.1 cm³/mol. The Labute approximate surface area is 149 Å². The average molecular weight is 350 g/mol. The molecule has 0 bridgehead atoms. The van der Waals surface area contributed by atoms with Crippen molar-refractivity contribution in [2.45, 2.75) is 38.6 Å². The van der Waals surface area contributed by atoms with E-state index in [1.54, 1.807) is 9.85 Å². The molecule has 9 nitrogen and oxygen atoms in total. The van der Waals surface area contributed by atoms with E-state index in [4.69, 9.17) is 10.6 Å². The molecule has 0 amide bonds. The van der Waals surface area contributed by atoms with Gasteiger partial charge in [0.05, 0.1) is 12.4 Å². The van der Waals surface area contributed by atoms with E-state index in [1.165, 1.54) is 37.9 Å². The molecule has 1 aromatic rings. The Bertz CT molecular complexity index is 554. The molecule has 3 N–H and O–H groups in total. The summed E-state index contributed by atoms with van der Waals surface area (Å²) >= 11 is 0. The second-order valence-electron chi connectivity index (χ2n) is 6.72. The fraction of sp³-hybridized carbons (Fsp3) is 0.750. The van der Waals surface area contributed by atoms with Crippen molar-refractivity contribution in [3.63, 3.8) is 0 Å². The van der Waals surface area contributed by atoms with E-state index in [2.05, 4.69) is 20.5 Å². The van der Waals surface area contributed by atoms with Crippen molar-refractivity contribution in [3.05, 3.63) is 18.0 Å². The summed E-state index contributed by atoms with van der Waals surface area (Å²) in [5.74, 6) is 0.511. The highest BCUT2D eigenvalue weighted by molar-refractivity contribution is 5.78. The first kappa shape index (κ1) is 17.8. The van der Waals surface area contributed by atoms with Crippen LogP contribution in [-0.2, 0) is 6.54 Å². The lowest BCUT2D eigenvalue weighted by molar-refractivity contribution is 0.0785. The topological polar surface area (TPSA) is 87.2 Å². The Kier molecular flexibility index (Phi) is 6.35. The van der Waals surface area contributed by atoms with Gasteiger partial charge in [0, 0.05) is 25.7 Å². The van der Waals surface area contributed by atoms with Gasteiger partial charge in [0.15, 0.2) is 0 Å². The average Bonchev–Trinajstić information content (AvgIpc) is 3.17. The third-order valence-electron chi connectivity index (χ3n) is 4.46. The van der Waals surface area contributed by atoms with Crippen LogP contribution in [0.4, 0.5) is 0 Å². The number of hydrogen-bond acceptors (Lipinski definition) is 8. The van der Waals surface area contributed by atoms with Crippen LogP contribution in [0.25, 0.3) is 0 Å². The molecule has 2 aliphatic rings. The number of aromatic nitrogens is 2. The van der Waals surface area contributed by atoms with Crippen LogP contribution < -0.4 is 16.0 Å². The number of nitrogens with one attached hydrogen (secondary N) is 1. The van der Waals surface area contributed by atoms with Crippen molar-refractivity contribution in [2.75, 3.05) is 40.0 Å². The molecular weight excluding hydrogens is 320 g/mol. The minimum absolute atomic E-state index is 0.511. The Morgan fingerprint density at radius 2 is 2.08 bits per heavy atom. The molecule has 0 radical (unpaired) electrons. The zero-order valence-corrected chi connectivity index (χ0v) is 15.1. The molecule has 1 aromatic heterocycles.